The van der Waals surface area contributed by atoms with Crippen molar-refractivity contribution in [2.75, 3.05) is 25.5 Å². The van der Waals surface area contributed by atoms with E-state index in [1.165, 1.54) is 25.2 Å². The van der Waals surface area contributed by atoms with E-state index in [0.717, 1.165) is 4.90 Å². The molecule has 1 unspecified atom stereocenters. The van der Waals surface area contributed by atoms with Crippen molar-refractivity contribution in [3.8, 4) is 0 Å². The van der Waals surface area contributed by atoms with E-state index in [-0.39, 0.29) is 17.1 Å². The van der Waals surface area contributed by atoms with Gasteiger partial charge >= 0.3 is 0 Å². The van der Waals surface area contributed by atoms with Gasteiger partial charge in [-0.1, -0.05) is 41.4 Å². The highest BCUT2D eigenvalue weighted by Gasteiger charge is 2.35. The number of carbonyl (C=O) groups is 4. The highest BCUT2D eigenvalue weighted by Crippen LogP contribution is 2.23. The van der Waals surface area contributed by atoms with Crippen molar-refractivity contribution in [2.45, 2.75) is 6.04 Å². The number of amides is 3. The standard InChI is InChI=1S/C20H20Cl2N4O4/c1-26(17(28)11-24-16(27)10-23)18(20(30)25-13-5-3-2-4-6-13)19(29)14-8-7-12(21)9-15(14)22/h2-9,18H,10-11,23H2,1H3,(H,24,27)(H,25,30). The van der Waals surface area contributed by atoms with E-state index in [4.69, 9.17) is 28.9 Å². The van der Waals surface area contributed by atoms with Crippen LogP contribution in [-0.4, -0.2) is 54.6 Å². The third kappa shape index (κ3) is 6.03. The van der Waals surface area contributed by atoms with Crippen molar-refractivity contribution < 1.29 is 19.2 Å². The predicted molar refractivity (Wildman–Crippen MR) is 114 cm³/mol. The minimum absolute atomic E-state index is 0.0277. The molecule has 2 aromatic carbocycles. The van der Waals surface area contributed by atoms with Gasteiger partial charge in [0.05, 0.1) is 18.1 Å². The topological polar surface area (TPSA) is 122 Å². The summed E-state index contributed by atoms with van der Waals surface area (Å²) in [5.41, 5.74) is 5.67. The van der Waals surface area contributed by atoms with Crippen LogP contribution in [0, 0.1) is 0 Å². The molecule has 0 fully saturated rings. The first kappa shape index (κ1) is 23.3. The average Bonchev–Trinajstić information content (AvgIpc) is 2.72. The first-order chi connectivity index (χ1) is 14.2. The lowest BCUT2D eigenvalue weighted by Gasteiger charge is -2.27. The summed E-state index contributed by atoms with van der Waals surface area (Å²) in [7, 11) is 1.29. The Morgan fingerprint density at radius 1 is 1.07 bits per heavy atom. The Morgan fingerprint density at radius 2 is 1.73 bits per heavy atom. The first-order valence-corrected chi connectivity index (χ1v) is 9.57. The molecule has 10 heteroatoms. The fourth-order valence-corrected chi connectivity index (χ4v) is 3.06. The van der Waals surface area contributed by atoms with Crippen LogP contribution in [-0.2, 0) is 14.4 Å². The monoisotopic (exact) mass is 450 g/mol. The Kier molecular flexibility index (Phi) is 8.35. The van der Waals surface area contributed by atoms with Crippen LogP contribution >= 0.6 is 23.2 Å². The highest BCUT2D eigenvalue weighted by atomic mass is 35.5. The van der Waals surface area contributed by atoms with Gasteiger partial charge in [-0.2, -0.15) is 0 Å². The van der Waals surface area contributed by atoms with Gasteiger partial charge in [0, 0.05) is 23.3 Å². The van der Waals surface area contributed by atoms with E-state index in [1.54, 1.807) is 30.3 Å². The van der Waals surface area contributed by atoms with E-state index < -0.39 is 36.1 Å². The van der Waals surface area contributed by atoms with E-state index in [9.17, 15) is 19.2 Å². The molecule has 0 spiro atoms. The van der Waals surface area contributed by atoms with Crippen LogP contribution in [0.4, 0.5) is 5.69 Å². The molecule has 1 atom stereocenters. The molecule has 8 nitrogen and oxygen atoms in total. The number of likely N-dealkylation sites (N-methyl/N-ethyl adjacent to an activating group) is 1. The number of para-hydroxylation sites is 1. The summed E-state index contributed by atoms with van der Waals surface area (Å²) in [5.74, 6) is -2.65. The largest absolute Gasteiger partial charge is 0.346 e. The third-order valence-corrected chi connectivity index (χ3v) is 4.69. The number of Topliss-reactive ketones (excluding diaryl/α,β-unsaturated/α-hetero) is 1. The van der Waals surface area contributed by atoms with Gasteiger partial charge in [-0.05, 0) is 30.3 Å². The Labute approximate surface area is 183 Å². The number of ketones is 1. The number of nitrogens with one attached hydrogen (secondary N) is 2. The van der Waals surface area contributed by atoms with Crippen LogP contribution in [0.5, 0.6) is 0 Å². The smallest absolute Gasteiger partial charge is 0.255 e. The number of nitrogens with two attached hydrogens (primary N) is 1. The van der Waals surface area contributed by atoms with Crippen LogP contribution in [0.25, 0.3) is 0 Å². The summed E-state index contributed by atoms with van der Waals surface area (Å²) >= 11 is 12.0. The van der Waals surface area contributed by atoms with Gasteiger partial charge < -0.3 is 21.3 Å². The summed E-state index contributed by atoms with van der Waals surface area (Å²) in [6, 6.07) is 11.1. The highest BCUT2D eigenvalue weighted by molar-refractivity contribution is 6.37. The zero-order valence-corrected chi connectivity index (χ0v) is 17.5. The van der Waals surface area contributed by atoms with Gasteiger partial charge in [0.25, 0.3) is 5.91 Å². The molecule has 0 aliphatic heterocycles. The van der Waals surface area contributed by atoms with Gasteiger partial charge in [-0.15, -0.1) is 0 Å². The van der Waals surface area contributed by atoms with Crippen molar-refractivity contribution in [1.82, 2.24) is 10.2 Å². The SMILES string of the molecule is CN(C(=O)CNC(=O)CN)C(C(=O)Nc1ccccc1)C(=O)c1ccc(Cl)cc1Cl. The van der Waals surface area contributed by atoms with Crippen LogP contribution < -0.4 is 16.4 Å². The summed E-state index contributed by atoms with van der Waals surface area (Å²) in [6.07, 6.45) is 0. The molecule has 3 amide bonds. The Morgan fingerprint density at radius 3 is 2.33 bits per heavy atom. The number of anilines is 1. The maximum atomic E-state index is 13.2. The molecule has 0 radical (unpaired) electrons. The summed E-state index contributed by atoms with van der Waals surface area (Å²) < 4.78 is 0. The predicted octanol–water partition coefficient (Wildman–Crippen LogP) is 1.72. The third-order valence-electron chi connectivity index (χ3n) is 4.14. The zero-order chi connectivity index (χ0) is 22.3. The van der Waals surface area contributed by atoms with Gasteiger partial charge in [0.2, 0.25) is 11.8 Å². The number of carbonyl (C=O) groups excluding carboxylic acids is 4. The molecule has 158 valence electrons. The van der Waals surface area contributed by atoms with E-state index >= 15 is 0 Å². The molecule has 0 bridgehead atoms. The van der Waals surface area contributed by atoms with Crippen LogP contribution in [0.3, 0.4) is 0 Å². The van der Waals surface area contributed by atoms with Gasteiger partial charge in [-0.3, -0.25) is 19.2 Å². The second kappa shape index (κ2) is 10.7. The molecule has 0 aliphatic carbocycles. The van der Waals surface area contributed by atoms with Crippen LogP contribution in [0.15, 0.2) is 48.5 Å². The van der Waals surface area contributed by atoms with Crippen molar-refractivity contribution in [1.29, 1.82) is 0 Å². The van der Waals surface area contributed by atoms with E-state index in [0.29, 0.717) is 10.7 Å². The van der Waals surface area contributed by atoms with Crippen molar-refractivity contribution >= 4 is 52.4 Å². The minimum atomic E-state index is -1.54. The first-order valence-electron chi connectivity index (χ1n) is 8.82. The number of halogens is 2. The number of rotatable bonds is 8. The van der Waals surface area contributed by atoms with Crippen molar-refractivity contribution in [3.63, 3.8) is 0 Å². The number of nitrogens with zero attached hydrogens (tertiary/aromatic N) is 1. The molecular weight excluding hydrogens is 431 g/mol. The fourth-order valence-electron chi connectivity index (χ4n) is 2.55. The summed E-state index contributed by atoms with van der Waals surface area (Å²) in [4.78, 5) is 50.9. The molecule has 4 N–H and O–H groups in total. The Bertz CT molecular complexity index is 953. The number of hydrogen-bond donors (Lipinski definition) is 3. The number of benzene rings is 2. The lowest BCUT2D eigenvalue weighted by molar-refractivity contribution is -0.136. The minimum Gasteiger partial charge on any atom is -0.346 e. The Hall–Kier alpha value is -2.94. The second-order valence-corrected chi connectivity index (χ2v) is 7.08. The average molecular weight is 451 g/mol. The molecule has 0 aliphatic rings. The Balaban J connectivity index is 2.33. The normalized spacial score (nSPS) is 11.3. The lowest BCUT2D eigenvalue weighted by atomic mass is 10.0. The molecule has 30 heavy (non-hydrogen) atoms. The summed E-state index contributed by atoms with van der Waals surface area (Å²) in [6.45, 7) is -0.725. The van der Waals surface area contributed by atoms with Crippen molar-refractivity contribution in [3.05, 3.63) is 64.1 Å². The maximum Gasteiger partial charge on any atom is 0.255 e. The number of hydrogen-bond acceptors (Lipinski definition) is 5. The zero-order valence-electron chi connectivity index (χ0n) is 16.0. The van der Waals surface area contributed by atoms with Gasteiger partial charge in [0.1, 0.15) is 0 Å². The lowest BCUT2D eigenvalue weighted by Crippen LogP contribution is -2.52. The summed E-state index contributed by atoms with van der Waals surface area (Å²) in [5, 5.41) is 5.28. The van der Waals surface area contributed by atoms with Crippen LogP contribution in [0.2, 0.25) is 10.0 Å². The molecule has 0 heterocycles. The van der Waals surface area contributed by atoms with E-state index in [2.05, 4.69) is 10.6 Å². The molecule has 2 aromatic rings. The molecular formula is C20H20Cl2N4O4. The van der Waals surface area contributed by atoms with Crippen LogP contribution in [0.1, 0.15) is 10.4 Å². The van der Waals surface area contributed by atoms with Crippen molar-refractivity contribution in [2.24, 2.45) is 5.73 Å². The van der Waals surface area contributed by atoms with E-state index in [1.807, 2.05) is 0 Å². The second-order valence-electron chi connectivity index (χ2n) is 6.23. The molecule has 0 saturated carbocycles. The molecule has 0 saturated heterocycles. The quantitative estimate of drug-likeness (QED) is 0.417. The fraction of sp³-hybridized carbons (Fsp3) is 0.200. The molecule has 0 aromatic heterocycles. The molecule has 2 rings (SSSR count). The van der Waals surface area contributed by atoms with Gasteiger partial charge in [-0.25, -0.2) is 0 Å². The maximum absolute atomic E-state index is 13.2. The van der Waals surface area contributed by atoms with Gasteiger partial charge in [0.15, 0.2) is 11.8 Å².